The topological polar surface area (TPSA) is 71.1 Å². The molecule has 1 aromatic carbocycles. The number of carbonyl (C=O) groups is 1. The van der Waals surface area contributed by atoms with Gasteiger partial charge in [-0.05, 0) is 30.4 Å². The molecule has 1 N–H and O–H groups in total. The summed E-state index contributed by atoms with van der Waals surface area (Å²) in [6, 6.07) is 11.7. The molecule has 3 heterocycles. The number of nitrogens with zero attached hydrogens (tertiary/aromatic N) is 3. The van der Waals surface area contributed by atoms with Crippen molar-refractivity contribution >= 4 is 16.8 Å². The summed E-state index contributed by atoms with van der Waals surface area (Å²) in [6.07, 6.45) is 3.28. The third-order valence-electron chi connectivity index (χ3n) is 5.15. The van der Waals surface area contributed by atoms with Gasteiger partial charge in [0.1, 0.15) is 0 Å². The van der Waals surface area contributed by atoms with Crippen LogP contribution in [0, 0.1) is 5.92 Å². The van der Waals surface area contributed by atoms with Crippen molar-refractivity contribution < 1.29 is 9.53 Å². The molecule has 132 valence electrons. The summed E-state index contributed by atoms with van der Waals surface area (Å²) in [5.74, 6) is 1.38. The van der Waals surface area contributed by atoms with E-state index in [0.29, 0.717) is 30.6 Å². The van der Waals surface area contributed by atoms with Gasteiger partial charge in [0, 0.05) is 31.0 Å². The van der Waals surface area contributed by atoms with Crippen molar-refractivity contribution in [1.82, 2.24) is 20.1 Å². The highest BCUT2D eigenvalue weighted by Gasteiger charge is 2.26. The molecule has 0 saturated heterocycles. The van der Waals surface area contributed by atoms with Crippen LogP contribution < -0.4 is 4.74 Å². The number of para-hydroxylation sites is 1. The van der Waals surface area contributed by atoms with E-state index < -0.39 is 0 Å². The van der Waals surface area contributed by atoms with E-state index in [1.54, 1.807) is 0 Å². The number of fused-ring (bicyclic) bond motifs is 2. The summed E-state index contributed by atoms with van der Waals surface area (Å²) in [5.41, 5.74) is 3.49. The van der Waals surface area contributed by atoms with Crippen molar-refractivity contribution in [3.8, 4) is 5.88 Å². The molecule has 3 aromatic rings. The van der Waals surface area contributed by atoms with Gasteiger partial charge in [-0.3, -0.25) is 9.89 Å². The number of aromatic amines is 1. The Balaban J connectivity index is 1.34. The van der Waals surface area contributed by atoms with Crippen LogP contribution in [0.3, 0.4) is 0 Å². The van der Waals surface area contributed by atoms with Crippen molar-refractivity contribution in [2.24, 2.45) is 5.92 Å². The van der Waals surface area contributed by atoms with Crippen molar-refractivity contribution in [1.29, 1.82) is 0 Å². The maximum absolute atomic E-state index is 12.9. The van der Waals surface area contributed by atoms with Crippen LogP contribution in [0.5, 0.6) is 5.88 Å². The number of benzene rings is 1. The first kappa shape index (κ1) is 15.4. The summed E-state index contributed by atoms with van der Waals surface area (Å²) in [5, 5.41) is 8.04. The Labute approximate surface area is 151 Å². The Morgan fingerprint density at radius 1 is 1.23 bits per heavy atom. The second kappa shape index (κ2) is 6.12. The van der Waals surface area contributed by atoms with Gasteiger partial charge in [-0.1, -0.05) is 24.3 Å². The Hall–Kier alpha value is -2.89. The van der Waals surface area contributed by atoms with Gasteiger partial charge >= 0.3 is 0 Å². The minimum absolute atomic E-state index is 0.0397. The van der Waals surface area contributed by atoms with E-state index >= 15 is 0 Å². The Morgan fingerprint density at radius 2 is 2.12 bits per heavy atom. The molecule has 0 radical (unpaired) electrons. The van der Waals surface area contributed by atoms with E-state index in [1.807, 2.05) is 41.3 Å². The van der Waals surface area contributed by atoms with Gasteiger partial charge in [-0.25, -0.2) is 4.98 Å². The number of hydrogen-bond donors (Lipinski definition) is 1. The fourth-order valence-corrected chi connectivity index (χ4v) is 3.41. The van der Waals surface area contributed by atoms with E-state index in [0.717, 1.165) is 35.2 Å². The number of carbonyl (C=O) groups excluding carboxylic acids is 1. The van der Waals surface area contributed by atoms with Gasteiger partial charge in [0.25, 0.3) is 5.91 Å². The molecule has 1 fully saturated rings. The molecular weight excluding hydrogens is 328 g/mol. The lowest BCUT2D eigenvalue weighted by molar-refractivity contribution is 0.0729. The number of amides is 1. The van der Waals surface area contributed by atoms with Crippen LogP contribution in [-0.4, -0.2) is 39.1 Å². The number of rotatable bonds is 4. The monoisotopic (exact) mass is 348 g/mol. The van der Waals surface area contributed by atoms with Gasteiger partial charge in [-0.15, -0.1) is 0 Å². The van der Waals surface area contributed by atoms with Crippen LogP contribution in [0.25, 0.3) is 10.9 Å². The highest BCUT2D eigenvalue weighted by Crippen LogP contribution is 2.30. The molecule has 1 aliphatic carbocycles. The lowest BCUT2D eigenvalue weighted by Crippen LogP contribution is -2.36. The molecule has 0 unspecified atom stereocenters. The smallest absolute Gasteiger partial charge is 0.275 e. The van der Waals surface area contributed by atoms with Crippen LogP contribution in [-0.2, 0) is 13.0 Å². The highest BCUT2D eigenvalue weighted by molar-refractivity contribution is 6.04. The maximum Gasteiger partial charge on any atom is 0.275 e. The average molecular weight is 348 g/mol. The predicted octanol–water partition coefficient (Wildman–Crippen LogP) is 2.95. The van der Waals surface area contributed by atoms with Crippen LogP contribution in [0.1, 0.15) is 34.6 Å². The largest absolute Gasteiger partial charge is 0.477 e. The van der Waals surface area contributed by atoms with Crippen molar-refractivity contribution in [3.05, 3.63) is 53.3 Å². The molecule has 0 bridgehead atoms. The van der Waals surface area contributed by atoms with Gasteiger partial charge < -0.3 is 9.64 Å². The first-order chi connectivity index (χ1) is 12.8. The van der Waals surface area contributed by atoms with E-state index in [2.05, 4.69) is 15.2 Å². The third kappa shape index (κ3) is 2.81. The highest BCUT2D eigenvalue weighted by atomic mass is 16.5. The molecule has 1 saturated carbocycles. The average Bonchev–Trinajstić information content (AvgIpc) is 3.42. The quantitative estimate of drug-likeness (QED) is 0.787. The first-order valence-electron chi connectivity index (χ1n) is 9.12. The van der Waals surface area contributed by atoms with Gasteiger partial charge in [0.15, 0.2) is 5.69 Å². The fraction of sp³-hybridized carbons (Fsp3) is 0.350. The van der Waals surface area contributed by atoms with E-state index in [4.69, 9.17) is 4.74 Å². The standard InChI is InChI=1S/C20H20N4O2/c25-20(19-15-3-1-2-4-17(15)22-23-19)24-10-9-16-14(11-24)7-8-18(21-16)26-12-13-5-6-13/h1-4,7-8,13H,5-6,9-12H2,(H,22,23). The molecule has 0 spiro atoms. The van der Waals surface area contributed by atoms with E-state index in [9.17, 15) is 4.79 Å². The molecule has 26 heavy (non-hydrogen) atoms. The lowest BCUT2D eigenvalue weighted by Gasteiger charge is -2.28. The van der Waals surface area contributed by atoms with Gasteiger partial charge in [0.05, 0.1) is 17.8 Å². The van der Waals surface area contributed by atoms with Crippen molar-refractivity contribution in [3.63, 3.8) is 0 Å². The fourth-order valence-electron chi connectivity index (χ4n) is 3.41. The third-order valence-corrected chi connectivity index (χ3v) is 5.15. The molecule has 1 aliphatic heterocycles. The maximum atomic E-state index is 12.9. The molecule has 0 atom stereocenters. The Kier molecular flexibility index (Phi) is 3.62. The predicted molar refractivity (Wildman–Crippen MR) is 97.0 cm³/mol. The lowest BCUT2D eigenvalue weighted by atomic mass is 10.0. The zero-order chi connectivity index (χ0) is 17.5. The summed E-state index contributed by atoms with van der Waals surface area (Å²) in [6.45, 7) is 1.97. The van der Waals surface area contributed by atoms with Crippen molar-refractivity contribution in [2.75, 3.05) is 13.2 Å². The molecule has 6 heteroatoms. The minimum Gasteiger partial charge on any atom is -0.477 e. The SMILES string of the molecule is O=C(c1n[nH]c2ccccc12)N1CCc2nc(OCC3CC3)ccc2C1. The number of pyridine rings is 1. The van der Waals surface area contributed by atoms with Gasteiger partial charge in [0.2, 0.25) is 5.88 Å². The summed E-state index contributed by atoms with van der Waals surface area (Å²) >= 11 is 0. The van der Waals surface area contributed by atoms with Crippen LogP contribution >= 0.6 is 0 Å². The number of ether oxygens (including phenoxy) is 1. The van der Waals surface area contributed by atoms with Crippen LogP contribution in [0.2, 0.25) is 0 Å². The Morgan fingerprint density at radius 3 is 3.00 bits per heavy atom. The van der Waals surface area contributed by atoms with E-state index in [-0.39, 0.29) is 5.91 Å². The van der Waals surface area contributed by atoms with E-state index in [1.165, 1.54) is 12.8 Å². The second-order valence-electron chi connectivity index (χ2n) is 7.10. The molecular formula is C20H20N4O2. The molecule has 2 aromatic heterocycles. The van der Waals surface area contributed by atoms with Crippen LogP contribution in [0.15, 0.2) is 36.4 Å². The zero-order valence-electron chi connectivity index (χ0n) is 14.4. The molecule has 6 nitrogen and oxygen atoms in total. The molecule has 1 amide bonds. The van der Waals surface area contributed by atoms with Gasteiger partial charge in [-0.2, -0.15) is 5.10 Å². The first-order valence-corrected chi connectivity index (χ1v) is 9.12. The number of aromatic nitrogens is 3. The molecule has 2 aliphatic rings. The number of nitrogens with one attached hydrogen (secondary N) is 1. The second-order valence-corrected chi connectivity index (χ2v) is 7.10. The summed E-state index contributed by atoms with van der Waals surface area (Å²) < 4.78 is 5.77. The Bertz CT molecular complexity index is 977. The normalized spacial score (nSPS) is 16.5. The number of hydrogen-bond acceptors (Lipinski definition) is 4. The summed E-state index contributed by atoms with van der Waals surface area (Å²) in [4.78, 5) is 19.4. The van der Waals surface area contributed by atoms with Crippen molar-refractivity contribution in [2.45, 2.75) is 25.8 Å². The molecule has 5 rings (SSSR count). The zero-order valence-corrected chi connectivity index (χ0v) is 14.4. The minimum atomic E-state index is -0.0397. The summed E-state index contributed by atoms with van der Waals surface area (Å²) in [7, 11) is 0. The number of H-pyrrole nitrogens is 1. The van der Waals surface area contributed by atoms with Crippen LogP contribution in [0.4, 0.5) is 0 Å².